The highest BCUT2D eigenvalue weighted by Gasteiger charge is 2.26. The van der Waals surface area contributed by atoms with E-state index in [4.69, 9.17) is 5.11 Å². The van der Waals surface area contributed by atoms with Crippen LogP contribution in [0.4, 0.5) is 4.39 Å². The first-order valence-corrected chi connectivity index (χ1v) is 9.75. The average molecular weight is 388 g/mol. The molecule has 0 radical (unpaired) electrons. The number of aromatic nitrogens is 2. The molecule has 0 saturated carbocycles. The summed E-state index contributed by atoms with van der Waals surface area (Å²) in [5.41, 5.74) is 2.49. The minimum atomic E-state index is -0.275. The fourth-order valence-electron chi connectivity index (χ4n) is 3.37. The summed E-state index contributed by atoms with van der Waals surface area (Å²) in [7, 11) is 0. The molecule has 1 fully saturated rings. The molecule has 0 atom stereocenters. The van der Waals surface area contributed by atoms with E-state index in [1.165, 1.54) is 23.5 Å². The van der Waals surface area contributed by atoms with Gasteiger partial charge in [-0.3, -0.25) is 14.1 Å². The van der Waals surface area contributed by atoms with Crippen molar-refractivity contribution < 1.29 is 14.3 Å². The summed E-state index contributed by atoms with van der Waals surface area (Å²) in [5.74, 6) is -0.238. The first-order valence-electron chi connectivity index (χ1n) is 8.93. The quantitative estimate of drug-likeness (QED) is 0.745. The summed E-state index contributed by atoms with van der Waals surface area (Å²) >= 11 is 1.39. The van der Waals surface area contributed by atoms with Crippen LogP contribution in [0.2, 0.25) is 0 Å². The van der Waals surface area contributed by atoms with Crippen LogP contribution in [0.15, 0.2) is 30.5 Å². The van der Waals surface area contributed by atoms with Gasteiger partial charge < -0.3 is 10.0 Å². The third-order valence-electron chi connectivity index (χ3n) is 4.97. The predicted molar refractivity (Wildman–Crippen MR) is 103 cm³/mol. The van der Waals surface area contributed by atoms with Gasteiger partial charge >= 0.3 is 0 Å². The van der Waals surface area contributed by atoms with E-state index in [1.807, 2.05) is 22.4 Å². The maximum atomic E-state index is 13.1. The monoisotopic (exact) mass is 388 g/mol. The minimum Gasteiger partial charge on any atom is -0.395 e. The largest absolute Gasteiger partial charge is 0.395 e. The Balaban J connectivity index is 1.55. The average Bonchev–Trinajstić information content (AvgIpc) is 3.22. The zero-order valence-electron chi connectivity index (χ0n) is 15.1. The topological polar surface area (TPSA) is 61.1 Å². The van der Waals surface area contributed by atoms with E-state index in [2.05, 4.69) is 9.88 Å². The maximum Gasteiger partial charge on any atom is 0.265 e. The Morgan fingerprint density at radius 2 is 1.93 bits per heavy atom. The standard InChI is InChI=1S/C19H21FN4O2S/c1-13-17(18(26)23-8-6-22(7-9-23)10-11-25)27-19-21-16(12-24(13)19)14-2-4-15(20)5-3-14/h2-5,12,25H,6-11H2,1H3. The zero-order chi connectivity index (χ0) is 19.0. The van der Waals surface area contributed by atoms with Gasteiger partial charge in [-0.25, -0.2) is 9.37 Å². The number of benzene rings is 1. The zero-order valence-corrected chi connectivity index (χ0v) is 15.9. The fourth-order valence-corrected chi connectivity index (χ4v) is 4.44. The van der Waals surface area contributed by atoms with Crippen molar-refractivity contribution in [2.75, 3.05) is 39.3 Å². The number of aliphatic hydroxyl groups is 1. The number of piperazine rings is 1. The van der Waals surface area contributed by atoms with Gasteiger partial charge in [0, 0.05) is 50.2 Å². The van der Waals surface area contributed by atoms with Crippen molar-refractivity contribution in [3.8, 4) is 11.3 Å². The second kappa shape index (κ2) is 7.38. The molecule has 0 spiro atoms. The first kappa shape index (κ1) is 18.1. The molecule has 6 nitrogen and oxygen atoms in total. The van der Waals surface area contributed by atoms with E-state index in [9.17, 15) is 9.18 Å². The molecule has 1 aromatic carbocycles. The number of aryl methyl sites for hydroxylation is 1. The third kappa shape index (κ3) is 3.47. The number of halogens is 1. The van der Waals surface area contributed by atoms with Gasteiger partial charge in [-0.2, -0.15) is 0 Å². The molecule has 27 heavy (non-hydrogen) atoms. The van der Waals surface area contributed by atoms with Crippen LogP contribution in [0.3, 0.4) is 0 Å². The Kier molecular flexibility index (Phi) is 4.94. The van der Waals surface area contributed by atoms with Crippen molar-refractivity contribution in [2.45, 2.75) is 6.92 Å². The number of carbonyl (C=O) groups is 1. The van der Waals surface area contributed by atoms with Gasteiger partial charge in [-0.05, 0) is 31.2 Å². The number of carbonyl (C=O) groups excluding carboxylic acids is 1. The smallest absolute Gasteiger partial charge is 0.265 e. The highest BCUT2D eigenvalue weighted by molar-refractivity contribution is 7.19. The van der Waals surface area contributed by atoms with Gasteiger partial charge in [0.1, 0.15) is 10.7 Å². The summed E-state index contributed by atoms with van der Waals surface area (Å²) in [6.07, 6.45) is 1.89. The van der Waals surface area contributed by atoms with Crippen molar-refractivity contribution in [3.63, 3.8) is 0 Å². The van der Waals surface area contributed by atoms with Gasteiger partial charge in [0.05, 0.1) is 12.3 Å². The molecule has 8 heteroatoms. The van der Waals surface area contributed by atoms with E-state index in [0.717, 1.165) is 35.0 Å². The normalized spacial score (nSPS) is 15.6. The molecule has 0 bridgehead atoms. The van der Waals surface area contributed by atoms with Gasteiger partial charge in [-0.1, -0.05) is 11.3 Å². The lowest BCUT2D eigenvalue weighted by atomic mass is 10.2. The predicted octanol–water partition coefficient (Wildman–Crippen LogP) is 2.26. The minimum absolute atomic E-state index is 0.0370. The van der Waals surface area contributed by atoms with E-state index in [0.29, 0.717) is 24.5 Å². The molecule has 1 amide bonds. The lowest BCUT2D eigenvalue weighted by Gasteiger charge is -2.34. The molecule has 3 aromatic rings. The number of β-amino-alcohol motifs (C(OH)–C–C–N with tert-alkyl or cyclic N) is 1. The fraction of sp³-hybridized carbons (Fsp3) is 0.368. The van der Waals surface area contributed by atoms with Gasteiger partial charge in [0.2, 0.25) is 0 Å². The van der Waals surface area contributed by atoms with Crippen LogP contribution >= 0.6 is 11.3 Å². The van der Waals surface area contributed by atoms with Crippen LogP contribution in [-0.2, 0) is 0 Å². The van der Waals surface area contributed by atoms with Crippen molar-refractivity contribution in [2.24, 2.45) is 0 Å². The van der Waals surface area contributed by atoms with E-state index in [1.54, 1.807) is 12.1 Å². The molecule has 1 aliphatic rings. The van der Waals surface area contributed by atoms with E-state index >= 15 is 0 Å². The summed E-state index contributed by atoms with van der Waals surface area (Å²) in [5, 5.41) is 9.03. The number of amides is 1. The summed E-state index contributed by atoms with van der Waals surface area (Å²) in [6, 6.07) is 6.24. The molecule has 4 rings (SSSR count). The van der Waals surface area contributed by atoms with Crippen LogP contribution in [0.5, 0.6) is 0 Å². The Bertz CT molecular complexity index is 958. The SMILES string of the molecule is Cc1c(C(=O)N2CCN(CCO)CC2)sc2nc(-c3ccc(F)cc3)cn12. The van der Waals surface area contributed by atoms with Crippen molar-refractivity contribution >= 4 is 22.2 Å². The lowest BCUT2D eigenvalue weighted by molar-refractivity contribution is 0.0618. The molecule has 1 aliphatic heterocycles. The molecular weight excluding hydrogens is 367 g/mol. The Morgan fingerprint density at radius 1 is 1.22 bits per heavy atom. The van der Waals surface area contributed by atoms with Gasteiger partial charge in [0.25, 0.3) is 5.91 Å². The van der Waals surface area contributed by atoms with Crippen molar-refractivity contribution in [3.05, 3.63) is 46.9 Å². The summed E-state index contributed by atoms with van der Waals surface area (Å²) in [4.78, 5) is 23.0. The number of rotatable bonds is 4. The molecule has 0 aliphatic carbocycles. The molecule has 0 unspecified atom stereocenters. The van der Waals surface area contributed by atoms with E-state index < -0.39 is 0 Å². The summed E-state index contributed by atoms with van der Waals surface area (Å²) in [6.45, 7) is 5.62. The van der Waals surface area contributed by atoms with Crippen molar-refractivity contribution in [1.29, 1.82) is 0 Å². The van der Waals surface area contributed by atoms with Crippen LogP contribution in [0.25, 0.3) is 16.2 Å². The maximum absolute atomic E-state index is 13.1. The van der Waals surface area contributed by atoms with Gasteiger partial charge in [-0.15, -0.1) is 0 Å². The number of nitrogens with zero attached hydrogens (tertiary/aromatic N) is 4. The number of aliphatic hydroxyl groups excluding tert-OH is 1. The molecule has 2 aromatic heterocycles. The second-order valence-electron chi connectivity index (χ2n) is 6.66. The number of imidazole rings is 1. The first-order chi connectivity index (χ1) is 13.1. The molecule has 142 valence electrons. The Hall–Kier alpha value is -2.29. The van der Waals surface area contributed by atoms with Crippen LogP contribution in [0.1, 0.15) is 15.4 Å². The number of thiazole rings is 1. The third-order valence-corrected chi connectivity index (χ3v) is 6.11. The Morgan fingerprint density at radius 3 is 2.56 bits per heavy atom. The molecule has 1 N–H and O–H groups in total. The second-order valence-corrected chi connectivity index (χ2v) is 7.64. The van der Waals surface area contributed by atoms with E-state index in [-0.39, 0.29) is 18.3 Å². The molecular formula is C19H21FN4O2S. The van der Waals surface area contributed by atoms with Crippen LogP contribution < -0.4 is 0 Å². The highest BCUT2D eigenvalue weighted by atomic mass is 32.1. The van der Waals surface area contributed by atoms with Crippen LogP contribution in [0, 0.1) is 12.7 Å². The lowest BCUT2D eigenvalue weighted by Crippen LogP contribution is -2.49. The molecule has 3 heterocycles. The van der Waals surface area contributed by atoms with Crippen molar-refractivity contribution in [1.82, 2.24) is 19.2 Å². The Labute approximate surface area is 160 Å². The number of hydrogen-bond donors (Lipinski definition) is 1. The number of hydrogen-bond acceptors (Lipinski definition) is 5. The molecule has 1 saturated heterocycles. The van der Waals surface area contributed by atoms with Crippen LogP contribution in [-0.4, -0.2) is 69.5 Å². The summed E-state index contributed by atoms with van der Waals surface area (Å²) < 4.78 is 15.0. The van der Waals surface area contributed by atoms with Gasteiger partial charge in [0.15, 0.2) is 4.96 Å². The highest BCUT2D eigenvalue weighted by Crippen LogP contribution is 2.28. The number of fused-ring (bicyclic) bond motifs is 1.